The Morgan fingerprint density at radius 2 is 1.82 bits per heavy atom. The van der Waals surface area contributed by atoms with Crippen molar-refractivity contribution < 1.29 is 22.4 Å². The third-order valence-corrected chi connectivity index (χ3v) is 2.61. The molecular formula is C10H14F4N2O. The van der Waals surface area contributed by atoms with Crippen molar-refractivity contribution in [3.63, 3.8) is 0 Å². The Bertz CT molecular complexity index is 288. The first-order valence-corrected chi connectivity index (χ1v) is 5.16. The Labute approximate surface area is 96.7 Å². The Kier molecular flexibility index (Phi) is 4.50. The molecule has 0 N–H and O–H groups in total. The van der Waals surface area contributed by atoms with Gasteiger partial charge in [0.2, 0.25) is 5.91 Å². The molecule has 0 aromatic carbocycles. The topological polar surface area (TPSA) is 23.6 Å². The second-order valence-electron chi connectivity index (χ2n) is 3.87. The highest BCUT2D eigenvalue weighted by Gasteiger charge is 2.42. The Hall–Kier alpha value is -1.11. The van der Waals surface area contributed by atoms with Crippen molar-refractivity contribution in [2.75, 3.05) is 32.7 Å². The lowest BCUT2D eigenvalue weighted by Crippen LogP contribution is -2.52. The highest BCUT2D eigenvalue weighted by atomic mass is 19.3. The van der Waals surface area contributed by atoms with Gasteiger partial charge in [-0.05, 0) is 6.08 Å². The van der Waals surface area contributed by atoms with Gasteiger partial charge in [-0.3, -0.25) is 9.69 Å². The van der Waals surface area contributed by atoms with E-state index in [0.29, 0.717) is 0 Å². The fraction of sp³-hybridized carbons (Fsp3) is 0.700. The largest absolute Gasteiger partial charge is 0.337 e. The van der Waals surface area contributed by atoms with E-state index in [0.717, 1.165) is 6.08 Å². The maximum absolute atomic E-state index is 12.8. The number of halogens is 4. The lowest BCUT2D eigenvalue weighted by atomic mass is 10.2. The molecule has 98 valence electrons. The zero-order valence-electron chi connectivity index (χ0n) is 9.21. The van der Waals surface area contributed by atoms with Crippen LogP contribution in [0.5, 0.6) is 0 Å². The van der Waals surface area contributed by atoms with E-state index in [1.807, 2.05) is 0 Å². The molecule has 1 aliphatic heterocycles. The highest BCUT2D eigenvalue weighted by Crippen LogP contribution is 2.24. The summed E-state index contributed by atoms with van der Waals surface area (Å²) in [6.07, 6.45) is -2.51. The summed E-state index contributed by atoms with van der Waals surface area (Å²) in [6.45, 7) is 3.19. The molecule has 7 heteroatoms. The monoisotopic (exact) mass is 254 g/mol. The summed E-state index contributed by atoms with van der Waals surface area (Å²) in [7, 11) is 0. The van der Waals surface area contributed by atoms with E-state index in [1.54, 1.807) is 0 Å². The van der Waals surface area contributed by atoms with Gasteiger partial charge in [-0.25, -0.2) is 8.78 Å². The second-order valence-corrected chi connectivity index (χ2v) is 3.87. The molecule has 1 amide bonds. The summed E-state index contributed by atoms with van der Waals surface area (Å²) < 4.78 is 49.5. The zero-order chi connectivity index (χ0) is 13.1. The van der Waals surface area contributed by atoms with Gasteiger partial charge >= 0.3 is 12.3 Å². The first-order valence-electron chi connectivity index (χ1n) is 5.16. The van der Waals surface area contributed by atoms with E-state index >= 15 is 0 Å². The van der Waals surface area contributed by atoms with E-state index in [9.17, 15) is 22.4 Å². The van der Waals surface area contributed by atoms with Gasteiger partial charge in [0, 0.05) is 26.2 Å². The van der Waals surface area contributed by atoms with Gasteiger partial charge in [0.15, 0.2) is 0 Å². The summed E-state index contributed by atoms with van der Waals surface area (Å²) in [5.74, 6) is -4.27. The molecule has 1 fully saturated rings. The number of hydrogen-bond donors (Lipinski definition) is 0. The number of rotatable bonds is 4. The quantitative estimate of drug-likeness (QED) is 0.556. The van der Waals surface area contributed by atoms with Gasteiger partial charge in [0.1, 0.15) is 0 Å². The summed E-state index contributed by atoms with van der Waals surface area (Å²) in [5, 5.41) is 0. The molecule has 0 aliphatic carbocycles. The smallest absolute Gasteiger partial charge is 0.319 e. The number of amides is 1. The van der Waals surface area contributed by atoms with Crippen LogP contribution in [-0.2, 0) is 4.79 Å². The van der Waals surface area contributed by atoms with Crippen molar-refractivity contribution in [1.82, 2.24) is 9.80 Å². The van der Waals surface area contributed by atoms with Crippen LogP contribution in [0.1, 0.15) is 0 Å². The third-order valence-electron chi connectivity index (χ3n) is 2.61. The predicted octanol–water partition coefficient (Wildman–Crippen LogP) is 1.22. The summed E-state index contributed by atoms with van der Waals surface area (Å²) in [4.78, 5) is 13.9. The molecule has 0 bridgehead atoms. The Balaban J connectivity index is 2.42. The maximum Gasteiger partial charge on any atom is 0.319 e. The van der Waals surface area contributed by atoms with Crippen LogP contribution in [0.3, 0.4) is 0 Å². The van der Waals surface area contributed by atoms with Crippen LogP contribution >= 0.6 is 0 Å². The lowest BCUT2D eigenvalue weighted by Gasteiger charge is -2.35. The minimum atomic E-state index is -4.00. The molecule has 0 unspecified atom stereocenters. The molecular weight excluding hydrogens is 240 g/mol. The van der Waals surface area contributed by atoms with Crippen molar-refractivity contribution in [1.29, 1.82) is 0 Å². The van der Waals surface area contributed by atoms with E-state index in [1.165, 1.54) is 9.80 Å². The average Bonchev–Trinajstić information content (AvgIpc) is 2.28. The maximum atomic E-state index is 12.8. The molecule has 3 nitrogen and oxygen atoms in total. The SMILES string of the molecule is C=CC(=O)N1CCN(CC(F)(F)C(F)F)CC1. The molecule has 0 aromatic heterocycles. The second kappa shape index (κ2) is 5.48. The molecule has 17 heavy (non-hydrogen) atoms. The van der Waals surface area contributed by atoms with E-state index in [-0.39, 0.29) is 32.1 Å². The van der Waals surface area contributed by atoms with Crippen LogP contribution in [0.4, 0.5) is 17.6 Å². The van der Waals surface area contributed by atoms with Crippen LogP contribution in [0.2, 0.25) is 0 Å². The first kappa shape index (κ1) is 14.0. The first-order chi connectivity index (χ1) is 7.86. The van der Waals surface area contributed by atoms with Crippen LogP contribution in [0, 0.1) is 0 Å². The molecule has 0 saturated carbocycles. The van der Waals surface area contributed by atoms with E-state index in [4.69, 9.17) is 0 Å². The number of nitrogens with zero attached hydrogens (tertiary/aromatic N) is 2. The van der Waals surface area contributed by atoms with Crippen molar-refractivity contribution >= 4 is 5.91 Å². The van der Waals surface area contributed by atoms with Crippen molar-refractivity contribution in [2.24, 2.45) is 0 Å². The van der Waals surface area contributed by atoms with Crippen LogP contribution in [0.25, 0.3) is 0 Å². The molecule has 1 rings (SSSR count). The predicted molar refractivity (Wildman–Crippen MR) is 54.2 cm³/mol. The van der Waals surface area contributed by atoms with Crippen molar-refractivity contribution in [3.8, 4) is 0 Å². The Morgan fingerprint density at radius 3 is 2.24 bits per heavy atom. The molecule has 0 atom stereocenters. The number of alkyl halides is 4. The standard InChI is InChI=1S/C10H14F4N2O/c1-2-8(17)16-5-3-15(4-6-16)7-10(13,14)9(11)12/h2,9H,1,3-7H2. The van der Waals surface area contributed by atoms with Crippen LogP contribution < -0.4 is 0 Å². The van der Waals surface area contributed by atoms with Gasteiger partial charge in [-0.1, -0.05) is 6.58 Å². The Morgan fingerprint density at radius 1 is 1.29 bits per heavy atom. The normalized spacial score (nSPS) is 18.5. The number of carbonyl (C=O) groups excluding carboxylic acids is 1. The minimum absolute atomic E-state index is 0.169. The highest BCUT2D eigenvalue weighted by molar-refractivity contribution is 5.87. The molecule has 0 aromatic rings. The molecule has 1 aliphatic rings. The summed E-state index contributed by atoms with van der Waals surface area (Å²) in [5.41, 5.74) is 0. The number of hydrogen-bond acceptors (Lipinski definition) is 2. The van der Waals surface area contributed by atoms with E-state index in [2.05, 4.69) is 6.58 Å². The molecule has 1 heterocycles. The van der Waals surface area contributed by atoms with Gasteiger partial charge in [0.25, 0.3) is 0 Å². The van der Waals surface area contributed by atoms with Crippen molar-refractivity contribution in [3.05, 3.63) is 12.7 Å². The molecule has 0 spiro atoms. The molecule has 0 radical (unpaired) electrons. The van der Waals surface area contributed by atoms with Crippen molar-refractivity contribution in [2.45, 2.75) is 12.3 Å². The fourth-order valence-corrected chi connectivity index (χ4v) is 1.62. The summed E-state index contributed by atoms with van der Waals surface area (Å²) >= 11 is 0. The van der Waals surface area contributed by atoms with E-state index < -0.39 is 18.9 Å². The van der Waals surface area contributed by atoms with Crippen LogP contribution in [-0.4, -0.2) is 60.8 Å². The number of carbonyl (C=O) groups is 1. The van der Waals surface area contributed by atoms with Gasteiger partial charge < -0.3 is 4.90 Å². The van der Waals surface area contributed by atoms with Gasteiger partial charge in [-0.2, -0.15) is 8.78 Å². The van der Waals surface area contributed by atoms with Gasteiger partial charge in [-0.15, -0.1) is 0 Å². The number of piperazine rings is 1. The third kappa shape index (κ3) is 3.69. The lowest BCUT2D eigenvalue weighted by molar-refractivity contribution is -0.147. The minimum Gasteiger partial charge on any atom is -0.337 e. The fourth-order valence-electron chi connectivity index (χ4n) is 1.62. The van der Waals surface area contributed by atoms with Crippen LogP contribution in [0.15, 0.2) is 12.7 Å². The molecule has 1 saturated heterocycles. The average molecular weight is 254 g/mol. The van der Waals surface area contributed by atoms with Gasteiger partial charge in [0.05, 0.1) is 6.54 Å². The zero-order valence-corrected chi connectivity index (χ0v) is 9.21. The summed E-state index contributed by atoms with van der Waals surface area (Å²) in [6, 6.07) is 0.